The van der Waals surface area contributed by atoms with Crippen LogP contribution in [0.2, 0.25) is 0 Å². The summed E-state index contributed by atoms with van der Waals surface area (Å²) in [6, 6.07) is 14.6. The highest BCUT2D eigenvalue weighted by atomic mass is 79.9. The number of nitrogens with zero attached hydrogens (tertiary/aromatic N) is 5. The summed E-state index contributed by atoms with van der Waals surface area (Å²) in [7, 11) is 4.17. The maximum absolute atomic E-state index is 13.8. The summed E-state index contributed by atoms with van der Waals surface area (Å²) < 4.78 is 29.1. The van der Waals surface area contributed by atoms with Crippen molar-refractivity contribution >= 4 is 61.0 Å². The van der Waals surface area contributed by atoms with E-state index in [2.05, 4.69) is 71.1 Å². The molecule has 5 aromatic rings. The Morgan fingerprint density at radius 1 is 1.05 bits per heavy atom. The Kier molecular flexibility index (Phi) is 8.99. The van der Waals surface area contributed by atoms with Crippen LogP contribution in [0.25, 0.3) is 21.8 Å². The molecule has 0 unspecified atom stereocenters. The second-order valence-corrected chi connectivity index (χ2v) is 12.6. The fraction of sp³-hybridized carbons (Fsp3) is 0.355. The van der Waals surface area contributed by atoms with Gasteiger partial charge in [-0.15, -0.1) is 5.10 Å². The minimum atomic E-state index is -0.314. The van der Waals surface area contributed by atoms with E-state index in [1.165, 1.54) is 12.1 Å². The highest BCUT2D eigenvalue weighted by Gasteiger charge is 2.18. The molecule has 0 bridgehead atoms. The minimum absolute atomic E-state index is 0.314. The van der Waals surface area contributed by atoms with Crippen LogP contribution in [0, 0.1) is 5.82 Å². The molecular weight excluding hydrogens is 619 g/mol. The number of hydrogen-bond donors (Lipinski definition) is 1. The SMILES string of the molecule is CN1CCN(Cc2ccc(CSCCCOc3cc4c5c(Nc6cccc(F)c6)nncc5n(C)c4cc3Br)o2)CC1. The van der Waals surface area contributed by atoms with Crippen molar-refractivity contribution in [3.63, 3.8) is 0 Å². The number of ether oxygens (including phenoxy) is 1. The van der Waals surface area contributed by atoms with Gasteiger partial charge in [-0.05, 0) is 77.6 Å². The highest BCUT2D eigenvalue weighted by molar-refractivity contribution is 9.10. The van der Waals surface area contributed by atoms with Crippen molar-refractivity contribution in [3.8, 4) is 5.75 Å². The number of rotatable bonds is 11. The predicted octanol–water partition coefficient (Wildman–Crippen LogP) is 6.81. The molecule has 0 amide bonds. The molecule has 8 nitrogen and oxygen atoms in total. The molecule has 1 N–H and O–H groups in total. The maximum atomic E-state index is 13.8. The van der Waals surface area contributed by atoms with Crippen molar-refractivity contribution in [1.82, 2.24) is 24.6 Å². The van der Waals surface area contributed by atoms with Crippen molar-refractivity contribution in [3.05, 3.63) is 76.5 Å². The molecule has 220 valence electrons. The summed E-state index contributed by atoms with van der Waals surface area (Å²) in [5.74, 6) is 4.93. The van der Waals surface area contributed by atoms with Crippen molar-refractivity contribution < 1.29 is 13.5 Å². The zero-order valence-electron chi connectivity index (χ0n) is 23.8. The number of benzene rings is 2. The summed E-state index contributed by atoms with van der Waals surface area (Å²) in [6.07, 6.45) is 2.66. The van der Waals surface area contributed by atoms with Crippen LogP contribution in [0.4, 0.5) is 15.9 Å². The third-order valence-corrected chi connectivity index (χ3v) is 9.27. The fourth-order valence-electron chi connectivity index (χ4n) is 5.28. The first-order valence-electron chi connectivity index (χ1n) is 14.1. The topological polar surface area (TPSA) is 71.6 Å². The fourth-order valence-corrected chi connectivity index (χ4v) is 6.54. The molecule has 1 aliphatic heterocycles. The molecule has 6 rings (SSSR count). The number of hydrogen-bond acceptors (Lipinski definition) is 8. The van der Waals surface area contributed by atoms with Crippen molar-refractivity contribution in [2.45, 2.75) is 18.7 Å². The van der Waals surface area contributed by atoms with E-state index in [-0.39, 0.29) is 5.82 Å². The lowest BCUT2D eigenvalue weighted by Crippen LogP contribution is -2.43. The Hall–Kier alpha value is -3.12. The van der Waals surface area contributed by atoms with E-state index >= 15 is 0 Å². The molecule has 1 aliphatic rings. The summed E-state index contributed by atoms with van der Waals surface area (Å²) >= 11 is 5.55. The number of nitrogens with one attached hydrogen (secondary N) is 1. The quantitative estimate of drug-likeness (QED) is 0.156. The molecule has 0 radical (unpaired) electrons. The van der Waals surface area contributed by atoms with E-state index in [0.29, 0.717) is 18.1 Å². The van der Waals surface area contributed by atoms with Gasteiger partial charge in [-0.3, -0.25) is 4.90 Å². The number of furan rings is 1. The lowest BCUT2D eigenvalue weighted by Gasteiger charge is -2.31. The molecule has 0 spiro atoms. The van der Waals surface area contributed by atoms with Gasteiger partial charge < -0.3 is 23.9 Å². The second-order valence-electron chi connectivity index (χ2n) is 10.6. The predicted molar refractivity (Wildman–Crippen MR) is 171 cm³/mol. The van der Waals surface area contributed by atoms with Gasteiger partial charge in [-0.2, -0.15) is 16.9 Å². The van der Waals surface area contributed by atoms with Crippen LogP contribution in [0.5, 0.6) is 5.75 Å². The van der Waals surface area contributed by atoms with Gasteiger partial charge in [0.2, 0.25) is 0 Å². The van der Waals surface area contributed by atoms with Gasteiger partial charge in [0.15, 0.2) is 5.82 Å². The normalized spacial score (nSPS) is 14.7. The van der Waals surface area contributed by atoms with Crippen LogP contribution in [0.3, 0.4) is 0 Å². The van der Waals surface area contributed by atoms with Crippen LogP contribution in [-0.2, 0) is 19.3 Å². The van der Waals surface area contributed by atoms with E-state index in [4.69, 9.17) is 9.15 Å². The third kappa shape index (κ3) is 6.59. The molecule has 2 aromatic carbocycles. The Morgan fingerprint density at radius 2 is 1.88 bits per heavy atom. The number of halogens is 2. The molecule has 11 heteroatoms. The number of piperazine rings is 1. The average molecular weight is 654 g/mol. The van der Waals surface area contributed by atoms with E-state index in [1.807, 2.05) is 24.9 Å². The Labute approximate surface area is 257 Å². The van der Waals surface area contributed by atoms with Gasteiger partial charge in [0.05, 0.1) is 46.0 Å². The zero-order chi connectivity index (χ0) is 29.1. The first-order valence-corrected chi connectivity index (χ1v) is 16.0. The third-order valence-electron chi connectivity index (χ3n) is 7.59. The number of aromatic nitrogens is 3. The maximum Gasteiger partial charge on any atom is 0.163 e. The number of fused-ring (bicyclic) bond motifs is 3. The Balaban J connectivity index is 1.06. The van der Waals surface area contributed by atoms with E-state index < -0.39 is 0 Å². The summed E-state index contributed by atoms with van der Waals surface area (Å²) in [5.41, 5.74) is 2.55. The number of likely N-dealkylation sites (N-methyl/N-ethyl adjacent to an activating group) is 1. The molecule has 0 saturated carbocycles. The Morgan fingerprint density at radius 3 is 2.71 bits per heavy atom. The standard InChI is InChI=1S/C31H34BrFN6O2S/c1-37-9-11-39(12-10-37)19-23-7-8-24(41-23)20-42-14-4-13-40-29-16-25-27(17-26(29)32)38(2)28-18-34-36-31(30(25)28)35-22-6-3-5-21(33)15-22/h3,5-8,15-18H,4,9-14,19-20H2,1-2H3,(H,35,36). The highest BCUT2D eigenvalue weighted by Crippen LogP contribution is 2.38. The van der Waals surface area contributed by atoms with E-state index in [9.17, 15) is 4.39 Å². The van der Waals surface area contributed by atoms with Crippen LogP contribution >= 0.6 is 27.7 Å². The molecule has 4 heterocycles. The number of aryl methyl sites for hydroxylation is 1. The van der Waals surface area contributed by atoms with Crippen molar-refractivity contribution in [1.29, 1.82) is 0 Å². The Bertz CT molecular complexity index is 1680. The van der Waals surface area contributed by atoms with Crippen LogP contribution < -0.4 is 10.1 Å². The van der Waals surface area contributed by atoms with Crippen LogP contribution in [-0.4, -0.2) is 70.2 Å². The minimum Gasteiger partial charge on any atom is -0.492 e. The van der Waals surface area contributed by atoms with Crippen molar-refractivity contribution in [2.75, 3.05) is 50.9 Å². The van der Waals surface area contributed by atoms with Gasteiger partial charge in [0, 0.05) is 44.3 Å². The summed E-state index contributed by atoms with van der Waals surface area (Å²) in [4.78, 5) is 4.82. The average Bonchev–Trinajstić information content (AvgIpc) is 3.54. The van der Waals surface area contributed by atoms with Gasteiger partial charge in [0.25, 0.3) is 0 Å². The van der Waals surface area contributed by atoms with Gasteiger partial charge in [-0.1, -0.05) is 6.07 Å². The largest absolute Gasteiger partial charge is 0.492 e. The zero-order valence-corrected chi connectivity index (χ0v) is 26.2. The lowest BCUT2D eigenvalue weighted by molar-refractivity contribution is 0.140. The summed E-state index contributed by atoms with van der Waals surface area (Å²) in [5, 5.41) is 13.6. The van der Waals surface area contributed by atoms with E-state index in [1.54, 1.807) is 18.3 Å². The van der Waals surface area contributed by atoms with Gasteiger partial charge in [0.1, 0.15) is 23.1 Å². The van der Waals surface area contributed by atoms with Crippen molar-refractivity contribution in [2.24, 2.45) is 7.05 Å². The molecule has 0 aliphatic carbocycles. The molecule has 1 fully saturated rings. The monoisotopic (exact) mass is 652 g/mol. The number of thioether (sulfide) groups is 1. The van der Waals surface area contributed by atoms with Crippen LogP contribution in [0.15, 0.2) is 63.6 Å². The molecule has 3 aromatic heterocycles. The molecular formula is C31H34BrFN6O2S. The second kappa shape index (κ2) is 13.0. The first kappa shape index (κ1) is 29.0. The van der Waals surface area contributed by atoms with Gasteiger partial charge >= 0.3 is 0 Å². The smallest absolute Gasteiger partial charge is 0.163 e. The molecule has 0 atom stereocenters. The molecule has 1 saturated heterocycles. The molecule has 42 heavy (non-hydrogen) atoms. The van der Waals surface area contributed by atoms with Gasteiger partial charge in [-0.25, -0.2) is 4.39 Å². The first-order chi connectivity index (χ1) is 20.4. The lowest BCUT2D eigenvalue weighted by atomic mass is 10.2. The summed E-state index contributed by atoms with van der Waals surface area (Å²) in [6.45, 7) is 5.89. The van der Waals surface area contributed by atoms with E-state index in [0.717, 1.165) is 94.2 Å². The van der Waals surface area contributed by atoms with Crippen LogP contribution in [0.1, 0.15) is 17.9 Å². The number of anilines is 2.